The summed E-state index contributed by atoms with van der Waals surface area (Å²) in [5, 5.41) is 4.02. The number of thiazole rings is 1. The second-order valence-electron chi connectivity index (χ2n) is 9.61. The van der Waals surface area contributed by atoms with Crippen LogP contribution in [0.5, 0.6) is 0 Å². The van der Waals surface area contributed by atoms with Gasteiger partial charge >= 0.3 is 0 Å². The number of ether oxygens (including phenoxy) is 1. The van der Waals surface area contributed by atoms with E-state index in [0.717, 1.165) is 63.6 Å². The number of carbonyl (C=O) groups is 1. The number of hydrogen-bond acceptors (Lipinski definition) is 6. The fraction of sp³-hybridized carbons (Fsp3) is 0.345. The second-order valence-corrected chi connectivity index (χ2v) is 10.5. The first-order valence-electron chi connectivity index (χ1n) is 12.4. The van der Waals surface area contributed by atoms with E-state index in [2.05, 4.69) is 31.2 Å². The van der Waals surface area contributed by atoms with E-state index in [1.54, 1.807) is 11.3 Å². The van der Waals surface area contributed by atoms with E-state index in [-0.39, 0.29) is 18.4 Å². The molecule has 186 valence electrons. The summed E-state index contributed by atoms with van der Waals surface area (Å²) in [5.74, 6) is 0.950. The third-order valence-corrected chi connectivity index (χ3v) is 7.53. The summed E-state index contributed by atoms with van der Waals surface area (Å²) < 4.78 is 5.91. The number of rotatable bonds is 8. The molecule has 5 rings (SSSR count). The lowest BCUT2D eigenvalue weighted by atomic mass is 10.1. The topological polar surface area (TPSA) is 58.6 Å². The van der Waals surface area contributed by atoms with E-state index in [9.17, 15) is 4.79 Å². The van der Waals surface area contributed by atoms with Gasteiger partial charge in [-0.15, -0.1) is 11.3 Å². The van der Waals surface area contributed by atoms with Crippen molar-refractivity contribution in [2.24, 2.45) is 0 Å². The smallest absolute Gasteiger partial charge is 0.229 e. The molecule has 0 N–H and O–H groups in total. The van der Waals surface area contributed by atoms with Crippen molar-refractivity contribution in [2.75, 3.05) is 32.1 Å². The quantitative estimate of drug-likeness (QED) is 0.321. The highest BCUT2D eigenvalue weighted by Crippen LogP contribution is 2.28. The molecule has 1 saturated heterocycles. The first-order chi connectivity index (χ1) is 17.5. The Hall–Kier alpha value is -3.29. The van der Waals surface area contributed by atoms with Gasteiger partial charge in [0, 0.05) is 55.7 Å². The maximum Gasteiger partial charge on any atom is 0.229 e. The van der Waals surface area contributed by atoms with Crippen molar-refractivity contribution in [3.05, 3.63) is 76.8 Å². The fourth-order valence-corrected chi connectivity index (χ4v) is 5.57. The molecule has 4 aromatic rings. The van der Waals surface area contributed by atoms with Crippen molar-refractivity contribution in [3.63, 3.8) is 0 Å². The maximum atomic E-state index is 13.7. The number of nitrogens with zero attached hydrogens (tertiary/aromatic N) is 4. The average molecular weight is 501 g/mol. The molecule has 0 saturated carbocycles. The van der Waals surface area contributed by atoms with Gasteiger partial charge < -0.3 is 14.5 Å². The first-order valence-corrected chi connectivity index (χ1v) is 13.3. The van der Waals surface area contributed by atoms with Gasteiger partial charge in [-0.1, -0.05) is 48.5 Å². The molecule has 1 amide bonds. The van der Waals surface area contributed by atoms with Crippen LogP contribution in [0.1, 0.15) is 29.7 Å². The molecule has 2 aromatic heterocycles. The number of fused-ring (bicyclic) bond motifs is 1. The van der Waals surface area contributed by atoms with Crippen LogP contribution in [0.15, 0.2) is 60.0 Å². The zero-order valence-corrected chi connectivity index (χ0v) is 21.9. The maximum absolute atomic E-state index is 13.7. The minimum atomic E-state index is 0.0597. The number of anilines is 1. The van der Waals surface area contributed by atoms with E-state index < -0.39 is 0 Å². The van der Waals surface area contributed by atoms with E-state index in [0.29, 0.717) is 13.1 Å². The van der Waals surface area contributed by atoms with Gasteiger partial charge in [-0.25, -0.2) is 9.97 Å². The monoisotopic (exact) mass is 500 g/mol. The van der Waals surface area contributed by atoms with Gasteiger partial charge in [0.15, 0.2) is 0 Å². The van der Waals surface area contributed by atoms with Gasteiger partial charge in [-0.3, -0.25) is 4.79 Å². The van der Waals surface area contributed by atoms with Crippen molar-refractivity contribution >= 4 is 34.0 Å². The molecule has 2 aromatic carbocycles. The van der Waals surface area contributed by atoms with Crippen LogP contribution in [-0.2, 0) is 22.5 Å². The summed E-state index contributed by atoms with van der Waals surface area (Å²) in [6, 6.07) is 18.5. The molecule has 1 atom stereocenters. The van der Waals surface area contributed by atoms with Gasteiger partial charge in [0.05, 0.1) is 23.7 Å². The SMILES string of the molecule is Cc1cccc2cc(CN(C[C@H]3CCCO3)C(=O)Cc3csc(-c4ccccc4)n3)c(N(C)C)nc12. The number of pyridine rings is 1. The van der Waals surface area contributed by atoms with Gasteiger partial charge in [0.25, 0.3) is 0 Å². The van der Waals surface area contributed by atoms with E-state index in [1.807, 2.05) is 59.6 Å². The van der Waals surface area contributed by atoms with Crippen LogP contribution in [0.3, 0.4) is 0 Å². The Morgan fingerprint density at radius 2 is 1.94 bits per heavy atom. The Balaban J connectivity index is 1.42. The van der Waals surface area contributed by atoms with Gasteiger partial charge in [-0.05, 0) is 31.4 Å². The number of hydrogen-bond donors (Lipinski definition) is 0. The number of amides is 1. The van der Waals surface area contributed by atoms with Crippen LogP contribution >= 0.6 is 11.3 Å². The predicted octanol–water partition coefficient (Wildman–Crippen LogP) is 5.48. The highest BCUT2D eigenvalue weighted by atomic mass is 32.1. The molecular formula is C29H32N4O2S. The highest BCUT2D eigenvalue weighted by Gasteiger charge is 2.25. The van der Waals surface area contributed by atoms with Gasteiger partial charge in [0.2, 0.25) is 5.91 Å². The van der Waals surface area contributed by atoms with Crippen LogP contribution in [0.25, 0.3) is 21.5 Å². The fourth-order valence-electron chi connectivity index (χ4n) is 4.75. The summed E-state index contributed by atoms with van der Waals surface area (Å²) in [6.07, 6.45) is 2.36. The minimum Gasteiger partial charge on any atom is -0.376 e. The first kappa shape index (κ1) is 24.4. The second kappa shape index (κ2) is 10.8. The number of benzene rings is 2. The molecular weight excluding hydrogens is 468 g/mol. The van der Waals surface area contributed by atoms with Crippen LogP contribution in [0, 0.1) is 6.92 Å². The average Bonchev–Trinajstić information content (AvgIpc) is 3.56. The Morgan fingerprint density at radius 3 is 2.69 bits per heavy atom. The molecule has 0 spiro atoms. The van der Waals surface area contributed by atoms with E-state index in [4.69, 9.17) is 14.7 Å². The normalized spacial score (nSPS) is 15.4. The number of aromatic nitrogens is 2. The van der Waals surface area contributed by atoms with Crippen molar-refractivity contribution in [3.8, 4) is 10.6 Å². The third-order valence-electron chi connectivity index (χ3n) is 6.59. The minimum absolute atomic E-state index is 0.0597. The largest absolute Gasteiger partial charge is 0.376 e. The third kappa shape index (κ3) is 5.42. The summed E-state index contributed by atoms with van der Waals surface area (Å²) in [7, 11) is 4.01. The summed E-state index contributed by atoms with van der Waals surface area (Å²) in [4.78, 5) is 27.4. The van der Waals surface area contributed by atoms with Crippen LogP contribution in [0.2, 0.25) is 0 Å². The van der Waals surface area contributed by atoms with Crippen molar-refractivity contribution in [1.82, 2.24) is 14.9 Å². The van der Waals surface area contributed by atoms with Crippen LogP contribution in [0.4, 0.5) is 5.82 Å². The predicted molar refractivity (Wildman–Crippen MR) is 146 cm³/mol. The summed E-state index contributed by atoms with van der Waals surface area (Å²) in [5.41, 5.74) is 5.06. The number of aryl methyl sites for hydroxylation is 1. The molecule has 0 bridgehead atoms. The Labute approximate surface area is 216 Å². The molecule has 6 nitrogen and oxygen atoms in total. The standard InChI is InChI=1S/C29H32N4O2S/c1-20-9-7-12-22-15-23(28(32(2)3)31-27(20)22)17-33(18-25-13-8-14-35-25)26(34)16-24-19-36-29(30-24)21-10-5-4-6-11-21/h4-7,9-12,15,19,25H,8,13-14,16-18H2,1-3H3/t25-/m1/s1. The van der Waals surface area contributed by atoms with Gasteiger partial charge in [-0.2, -0.15) is 0 Å². The van der Waals surface area contributed by atoms with Crippen LogP contribution in [-0.4, -0.2) is 54.1 Å². The number of para-hydroxylation sites is 1. The molecule has 0 unspecified atom stereocenters. The zero-order valence-electron chi connectivity index (χ0n) is 21.1. The molecule has 0 radical (unpaired) electrons. The van der Waals surface area contributed by atoms with Gasteiger partial charge in [0.1, 0.15) is 10.8 Å². The lowest BCUT2D eigenvalue weighted by Gasteiger charge is -2.27. The number of carbonyl (C=O) groups excluding carboxylic acids is 1. The van der Waals surface area contributed by atoms with Crippen molar-refractivity contribution in [2.45, 2.75) is 38.8 Å². The summed E-state index contributed by atoms with van der Waals surface area (Å²) >= 11 is 1.58. The van der Waals surface area contributed by atoms with Crippen molar-refractivity contribution < 1.29 is 9.53 Å². The van der Waals surface area contributed by atoms with E-state index >= 15 is 0 Å². The molecule has 1 aliphatic rings. The zero-order chi connectivity index (χ0) is 25.1. The molecule has 1 fully saturated rings. The highest BCUT2D eigenvalue weighted by molar-refractivity contribution is 7.13. The Morgan fingerprint density at radius 1 is 1.11 bits per heavy atom. The molecule has 3 heterocycles. The lowest BCUT2D eigenvalue weighted by Crippen LogP contribution is -2.38. The molecule has 36 heavy (non-hydrogen) atoms. The van der Waals surface area contributed by atoms with Crippen molar-refractivity contribution in [1.29, 1.82) is 0 Å². The van der Waals surface area contributed by atoms with Crippen LogP contribution < -0.4 is 4.90 Å². The summed E-state index contributed by atoms with van der Waals surface area (Å²) in [6.45, 7) is 3.91. The molecule has 0 aliphatic carbocycles. The molecule has 7 heteroatoms. The molecule has 1 aliphatic heterocycles. The van der Waals surface area contributed by atoms with E-state index in [1.165, 1.54) is 0 Å². The Bertz CT molecular complexity index is 1350. The Kier molecular flexibility index (Phi) is 7.30. The lowest BCUT2D eigenvalue weighted by molar-refractivity contribution is -0.132.